The van der Waals surface area contributed by atoms with Crippen molar-refractivity contribution in [1.29, 1.82) is 0 Å². The van der Waals surface area contributed by atoms with Crippen molar-refractivity contribution in [3.63, 3.8) is 0 Å². The minimum absolute atomic E-state index is 0.298. The molecule has 0 aromatic rings. The van der Waals surface area contributed by atoms with E-state index < -0.39 is 11.6 Å². The lowest BCUT2D eigenvalue weighted by Crippen LogP contribution is -2.41. The Labute approximate surface area is 85.8 Å². The van der Waals surface area contributed by atoms with Crippen molar-refractivity contribution in [2.24, 2.45) is 0 Å². The van der Waals surface area contributed by atoms with Gasteiger partial charge < -0.3 is 9.84 Å². The van der Waals surface area contributed by atoms with Crippen molar-refractivity contribution in [3.05, 3.63) is 12.7 Å². The zero-order valence-corrected chi connectivity index (χ0v) is 9.08. The quantitative estimate of drug-likeness (QED) is 0.613. The second kappa shape index (κ2) is 6.60. The van der Waals surface area contributed by atoms with E-state index in [1.807, 2.05) is 13.8 Å². The van der Waals surface area contributed by atoms with Crippen LogP contribution in [0.25, 0.3) is 0 Å². The average molecular weight is 200 g/mol. The van der Waals surface area contributed by atoms with E-state index >= 15 is 0 Å². The molecule has 1 N–H and O–H groups in total. The van der Waals surface area contributed by atoms with E-state index in [1.54, 1.807) is 6.08 Å². The number of carboxylic acids is 1. The Hall–Kier alpha value is -0.830. The molecule has 0 aliphatic rings. The summed E-state index contributed by atoms with van der Waals surface area (Å²) < 4.78 is 5.40. The van der Waals surface area contributed by atoms with Gasteiger partial charge in [-0.2, -0.15) is 0 Å². The van der Waals surface area contributed by atoms with Crippen LogP contribution in [-0.4, -0.2) is 23.3 Å². The van der Waals surface area contributed by atoms with Gasteiger partial charge in [-0.05, 0) is 12.8 Å². The molecule has 0 saturated carbocycles. The van der Waals surface area contributed by atoms with E-state index in [9.17, 15) is 4.79 Å². The highest BCUT2D eigenvalue weighted by Gasteiger charge is 2.37. The second-order valence-electron chi connectivity index (χ2n) is 3.40. The van der Waals surface area contributed by atoms with Gasteiger partial charge in [-0.3, -0.25) is 0 Å². The van der Waals surface area contributed by atoms with Gasteiger partial charge in [-0.15, -0.1) is 6.58 Å². The molecule has 3 nitrogen and oxygen atoms in total. The maximum Gasteiger partial charge on any atom is 0.335 e. The maximum absolute atomic E-state index is 11.1. The first kappa shape index (κ1) is 13.2. The Morgan fingerprint density at radius 2 is 1.93 bits per heavy atom. The molecule has 14 heavy (non-hydrogen) atoms. The Morgan fingerprint density at radius 1 is 1.43 bits per heavy atom. The van der Waals surface area contributed by atoms with Crippen molar-refractivity contribution in [2.45, 2.75) is 45.1 Å². The third-order valence-corrected chi connectivity index (χ3v) is 2.17. The Morgan fingerprint density at radius 3 is 2.21 bits per heavy atom. The second-order valence-corrected chi connectivity index (χ2v) is 3.40. The van der Waals surface area contributed by atoms with Crippen molar-refractivity contribution in [2.75, 3.05) is 6.61 Å². The minimum Gasteiger partial charge on any atom is -0.479 e. The highest BCUT2D eigenvalue weighted by atomic mass is 16.5. The Bertz CT molecular complexity index is 181. The Kier molecular flexibility index (Phi) is 6.21. The summed E-state index contributed by atoms with van der Waals surface area (Å²) in [5.74, 6) is -0.858. The summed E-state index contributed by atoms with van der Waals surface area (Å²) in [7, 11) is 0. The fourth-order valence-electron chi connectivity index (χ4n) is 1.57. The molecule has 0 aliphatic heterocycles. The summed E-state index contributed by atoms with van der Waals surface area (Å²) in [4.78, 5) is 11.1. The van der Waals surface area contributed by atoms with Crippen LogP contribution >= 0.6 is 0 Å². The normalized spacial score (nSPS) is 11.3. The molecular formula is C11H20O3. The molecule has 82 valence electrons. The van der Waals surface area contributed by atoms with Crippen molar-refractivity contribution in [3.8, 4) is 0 Å². The van der Waals surface area contributed by atoms with Crippen LogP contribution in [0.1, 0.15) is 39.5 Å². The van der Waals surface area contributed by atoms with Gasteiger partial charge in [0.2, 0.25) is 0 Å². The largest absolute Gasteiger partial charge is 0.479 e. The lowest BCUT2D eigenvalue weighted by Gasteiger charge is -2.28. The molecule has 0 fully saturated rings. The first-order valence-electron chi connectivity index (χ1n) is 5.11. The molecule has 0 rings (SSSR count). The highest BCUT2D eigenvalue weighted by molar-refractivity contribution is 5.77. The third kappa shape index (κ3) is 3.50. The lowest BCUT2D eigenvalue weighted by molar-refractivity contribution is -0.166. The van der Waals surface area contributed by atoms with Gasteiger partial charge in [0, 0.05) is 0 Å². The molecule has 3 heteroatoms. The van der Waals surface area contributed by atoms with E-state index in [0.29, 0.717) is 19.4 Å². The van der Waals surface area contributed by atoms with Crippen molar-refractivity contribution in [1.82, 2.24) is 0 Å². The molecule has 0 radical (unpaired) electrons. The van der Waals surface area contributed by atoms with Crippen LogP contribution in [0.5, 0.6) is 0 Å². The molecule has 0 spiro atoms. The van der Waals surface area contributed by atoms with Crippen molar-refractivity contribution < 1.29 is 14.6 Å². The molecule has 0 aliphatic carbocycles. The SMILES string of the molecule is C=CCOC(CCC)(CCC)C(=O)O. The standard InChI is InChI=1S/C11H20O3/c1-4-7-11(8-5-2,10(12)13)14-9-6-3/h6H,3-5,7-9H2,1-2H3,(H,12,13). The number of carbonyl (C=O) groups is 1. The summed E-state index contributed by atoms with van der Waals surface area (Å²) in [5, 5.41) is 9.15. The van der Waals surface area contributed by atoms with E-state index in [1.165, 1.54) is 0 Å². The zero-order valence-electron chi connectivity index (χ0n) is 9.08. The van der Waals surface area contributed by atoms with Crippen LogP contribution in [0.3, 0.4) is 0 Å². The van der Waals surface area contributed by atoms with E-state index in [0.717, 1.165) is 12.8 Å². The number of hydrogen-bond acceptors (Lipinski definition) is 2. The van der Waals surface area contributed by atoms with Crippen LogP contribution in [0.15, 0.2) is 12.7 Å². The van der Waals surface area contributed by atoms with Gasteiger partial charge in [0.05, 0.1) is 6.61 Å². The maximum atomic E-state index is 11.1. The molecule has 0 bridgehead atoms. The lowest BCUT2D eigenvalue weighted by atomic mass is 9.92. The molecule has 0 atom stereocenters. The first-order chi connectivity index (χ1) is 6.63. The van der Waals surface area contributed by atoms with Crippen molar-refractivity contribution >= 4 is 5.97 Å². The van der Waals surface area contributed by atoms with E-state index in [-0.39, 0.29) is 0 Å². The summed E-state index contributed by atoms with van der Waals surface area (Å²) in [6, 6.07) is 0. The smallest absolute Gasteiger partial charge is 0.335 e. The van der Waals surface area contributed by atoms with E-state index in [4.69, 9.17) is 9.84 Å². The van der Waals surface area contributed by atoms with Crippen LogP contribution in [-0.2, 0) is 9.53 Å². The van der Waals surface area contributed by atoms with Gasteiger partial charge in [-0.25, -0.2) is 4.79 Å². The zero-order chi connectivity index (χ0) is 11.0. The van der Waals surface area contributed by atoms with Gasteiger partial charge in [-0.1, -0.05) is 32.8 Å². The van der Waals surface area contributed by atoms with Gasteiger partial charge in [0.25, 0.3) is 0 Å². The predicted molar refractivity (Wildman–Crippen MR) is 56.3 cm³/mol. The number of carboxylic acid groups (broad SMARTS) is 1. The molecule has 0 heterocycles. The van der Waals surface area contributed by atoms with Gasteiger partial charge in [0.15, 0.2) is 5.60 Å². The Balaban J connectivity index is 4.54. The highest BCUT2D eigenvalue weighted by Crippen LogP contribution is 2.24. The molecule has 0 aromatic heterocycles. The monoisotopic (exact) mass is 200 g/mol. The molecule has 0 amide bonds. The van der Waals surface area contributed by atoms with Crippen LogP contribution in [0, 0.1) is 0 Å². The summed E-state index contributed by atoms with van der Waals surface area (Å²) in [6.07, 6.45) is 4.32. The summed E-state index contributed by atoms with van der Waals surface area (Å²) in [6.45, 7) is 7.75. The molecule has 0 aromatic carbocycles. The number of hydrogen-bond donors (Lipinski definition) is 1. The molecule has 0 unspecified atom stereocenters. The molecule has 0 saturated heterocycles. The van der Waals surface area contributed by atoms with E-state index in [2.05, 4.69) is 6.58 Å². The number of ether oxygens (including phenoxy) is 1. The molecular weight excluding hydrogens is 180 g/mol. The third-order valence-electron chi connectivity index (χ3n) is 2.17. The predicted octanol–water partition coefficient (Wildman–Crippen LogP) is 2.61. The van der Waals surface area contributed by atoms with Gasteiger partial charge in [0.1, 0.15) is 0 Å². The van der Waals surface area contributed by atoms with Crippen LogP contribution in [0.4, 0.5) is 0 Å². The van der Waals surface area contributed by atoms with Gasteiger partial charge >= 0.3 is 5.97 Å². The first-order valence-corrected chi connectivity index (χ1v) is 5.11. The summed E-state index contributed by atoms with van der Waals surface area (Å²) >= 11 is 0. The minimum atomic E-state index is -1.00. The summed E-state index contributed by atoms with van der Waals surface area (Å²) in [5.41, 5.74) is -1.00. The fourth-order valence-corrected chi connectivity index (χ4v) is 1.57. The van der Waals surface area contributed by atoms with Crippen LogP contribution in [0.2, 0.25) is 0 Å². The number of aliphatic carboxylic acids is 1. The average Bonchev–Trinajstić information content (AvgIpc) is 2.14. The fraction of sp³-hybridized carbons (Fsp3) is 0.727. The van der Waals surface area contributed by atoms with Crippen LogP contribution < -0.4 is 0 Å². The number of rotatable bonds is 8. The topological polar surface area (TPSA) is 46.5 Å².